The third-order valence-corrected chi connectivity index (χ3v) is 6.54. The summed E-state index contributed by atoms with van der Waals surface area (Å²) in [7, 11) is 0. The molecule has 1 saturated carbocycles. The summed E-state index contributed by atoms with van der Waals surface area (Å²) >= 11 is 6.12. The molecular formula is C23H33ClN4O. The predicted octanol–water partition coefficient (Wildman–Crippen LogP) is 4.22. The first-order chi connectivity index (χ1) is 14.1. The van der Waals surface area contributed by atoms with Crippen molar-refractivity contribution in [2.24, 2.45) is 5.92 Å². The van der Waals surface area contributed by atoms with Crippen LogP contribution in [-0.2, 0) is 4.79 Å². The average molecular weight is 417 g/mol. The van der Waals surface area contributed by atoms with Gasteiger partial charge in [-0.25, -0.2) is 0 Å². The van der Waals surface area contributed by atoms with Crippen molar-refractivity contribution in [2.45, 2.75) is 57.4 Å². The van der Waals surface area contributed by atoms with E-state index in [1.165, 1.54) is 31.5 Å². The molecule has 0 unspecified atom stereocenters. The van der Waals surface area contributed by atoms with Crippen LogP contribution in [0.1, 0.15) is 51.4 Å². The van der Waals surface area contributed by atoms with Crippen molar-refractivity contribution in [3.63, 3.8) is 0 Å². The van der Waals surface area contributed by atoms with Gasteiger partial charge in [0, 0.05) is 55.8 Å². The Morgan fingerprint density at radius 1 is 1.17 bits per heavy atom. The number of anilines is 1. The fraction of sp³-hybridized carbons (Fsp3) is 0.652. The van der Waals surface area contributed by atoms with Crippen LogP contribution in [0.4, 0.5) is 5.69 Å². The molecule has 1 N–H and O–H groups in total. The molecule has 1 aliphatic heterocycles. The lowest BCUT2D eigenvalue weighted by molar-refractivity contribution is -0.122. The Labute approximate surface area is 180 Å². The molecule has 2 aliphatic rings. The zero-order valence-corrected chi connectivity index (χ0v) is 18.0. The van der Waals surface area contributed by atoms with E-state index in [4.69, 9.17) is 16.9 Å². The van der Waals surface area contributed by atoms with Gasteiger partial charge >= 0.3 is 0 Å². The minimum atomic E-state index is 0.112. The molecule has 0 atom stereocenters. The van der Waals surface area contributed by atoms with E-state index in [0.717, 1.165) is 50.0 Å². The van der Waals surface area contributed by atoms with Crippen molar-refractivity contribution in [1.29, 1.82) is 5.26 Å². The first-order valence-corrected chi connectivity index (χ1v) is 11.4. The Morgan fingerprint density at radius 3 is 2.62 bits per heavy atom. The van der Waals surface area contributed by atoms with Gasteiger partial charge in [0.15, 0.2) is 0 Å². The van der Waals surface area contributed by atoms with E-state index in [-0.39, 0.29) is 5.91 Å². The number of halogens is 1. The number of nitrogens with zero attached hydrogens (tertiary/aromatic N) is 3. The number of hydrogen-bond donors (Lipinski definition) is 1. The number of benzene rings is 1. The lowest BCUT2D eigenvalue weighted by atomic mass is 9.84. The maximum atomic E-state index is 11.9. The second kappa shape index (κ2) is 11.4. The second-order valence-electron chi connectivity index (χ2n) is 8.39. The van der Waals surface area contributed by atoms with Gasteiger partial charge in [0.05, 0.1) is 6.07 Å². The Kier molecular flexibility index (Phi) is 8.64. The molecule has 3 rings (SSSR count). The van der Waals surface area contributed by atoms with Crippen molar-refractivity contribution < 1.29 is 4.79 Å². The van der Waals surface area contributed by atoms with Crippen molar-refractivity contribution >= 4 is 23.2 Å². The Hall–Kier alpha value is -1.77. The van der Waals surface area contributed by atoms with Crippen LogP contribution >= 0.6 is 11.6 Å². The molecule has 1 aromatic rings. The van der Waals surface area contributed by atoms with Crippen molar-refractivity contribution in [3.8, 4) is 6.07 Å². The van der Waals surface area contributed by atoms with Gasteiger partial charge in [0.25, 0.3) is 0 Å². The summed E-state index contributed by atoms with van der Waals surface area (Å²) in [5.41, 5.74) is 1.23. The van der Waals surface area contributed by atoms with Gasteiger partial charge in [-0.3, -0.25) is 9.69 Å². The molecule has 29 heavy (non-hydrogen) atoms. The van der Waals surface area contributed by atoms with E-state index in [1.807, 2.05) is 12.1 Å². The number of amides is 1. The average Bonchev–Trinajstić information content (AvgIpc) is 2.74. The smallest absolute Gasteiger partial charge is 0.220 e. The molecular weight excluding hydrogens is 384 g/mol. The lowest BCUT2D eigenvalue weighted by Crippen LogP contribution is -2.47. The fourth-order valence-electron chi connectivity index (χ4n) is 4.49. The number of carbonyl (C=O) groups excluding carboxylic acids is 1. The highest BCUT2D eigenvalue weighted by Gasteiger charge is 2.24. The summed E-state index contributed by atoms with van der Waals surface area (Å²) in [6, 6.07) is 10.6. The molecule has 1 heterocycles. The third-order valence-electron chi connectivity index (χ3n) is 6.30. The number of nitrogens with one attached hydrogen (secondary N) is 1. The number of hydrogen-bond acceptors (Lipinski definition) is 4. The van der Waals surface area contributed by atoms with Crippen molar-refractivity contribution in [1.82, 2.24) is 10.2 Å². The highest BCUT2D eigenvalue weighted by molar-refractivity contribution is 6.30. The minimum Gasteiger partial charge on any atom is -0.369 e. The number of carbonyl (C=O) groups is 1. The van der Waals surface area contributed by atoms with Crippen molar-refractivity contribution in [3.05, 3.63) is 29.3 Å². The van der Waals surface area contributed by atoms with Gasteiger partial charge in [-0.1, -0.05) is 17.7 Å². The molecule has 6 heteroatoms. The van der Waals surface area contributed by atoms with Crippen LogP contribution in [0.15, 0.2) is 24.3 Å². The van der Waals surface area contributed by atoms with Crippen LogP contribution in [-0.4, -0.2) is 49.6 Å². The van der Waals surface area contributed by atoms with E-state index in [0.29, 0.717) is 25.3 Å². The Morgan fingerprint density at radius 2 is 1.93 bits per heavy atom. The monoisotopic (exact) mass is 416 g/mol. The van der Waals surface area contributed by atoms with Crippen molar-refractivity contribution in [2.75, 3.05) is 37.6 Å². The van der Waals surface area contributed by atoms with Gasteiger partial charge in [-0.15, -0.1) is 0 Å². The quantitative estimate of drug-likeness (QED) is 0.644. The first kappa shape index (κ1) is 21.9. The second-order valence-corrected chi connectivity index (χ2v) is 8.83. The zero-order chi connectivity index (χ0) is 20.5. The first-order valence-electron chi connectivity index (χ1n) is 11.0. The number of rotatable bonds is 8. The summed E-state index contributed by atoms with van der Waals surface area (Å²) in [6.45, 7) is 5.52. The summed E-state index contributed by atoms with van der Waals surface area (Å²) in [5.74, 6) is 0.897. The van der Waals surface area contributed by atoms with E-state index >= 15 is 0 Å². The summed E-state index contributed by atoms with van der Waals surface area (Å²) in [4.78, 5) is 16.9. The maximum Gasteiger partial charge on any atom is 0.220 e. The number of piperazine rings is 1. The topological polar surface area (TPSA) is 59.4 Å². The highest BCUT2D eigenvalue weighted by atomic mass is 35.5. The van der Waals surface area contributed by atoms with E-state index in [2.05, 4.69) is 33.3 Å². The molecule has 0 radical (unpaired) electrons. The molecule has 0 aromatic heterocycles. The van der Waals surface area contributed by atoms with E-state index < -0.39 is 0 Å². The third kappa shape index (κ3) is 7.21. The minimum absolute atomic E-state index is 0.112. The summed E-state index contributed by atoms with van der Waals surface area (Å²) < 4.78 is 0. The summed E-state index contributed by atoms with van der Waals surface area (Å²) in [5, 5.41) is 12.5. The lowest BCUT2D eigenvalue weighted by Gasteiger charge is -2.37. The molecule has 158 valence electrons. The maximum absolute atomic E-state index is 11.9. The van der Waals surface area contributed by atoms with Gasteiger partial charge in [-0.2, -0.15) is 5.26 Å². The van der Waals surface area contributed by atoms with Crippen LogP contribution in [0.5, 0.6) is 0 Å². The standard InChI is InChI=1S/C23H33ClN4O/c24-20-4-3-5-22(18-20)28-16-14-27(15-17-28)13-11-19-7-9-21(10-8-19)26-23(29)6-1-2-12-25/h3-5,18-19,21H,1-2,6-11,13-17H2,(H,26,29). The highest BCUT2D eigenvalue weighted by Crippen LogP contribution is 2.28. The molecule has 0 spiro atoms. The van der Waals surface area contributed by atoms with Gasteiger partial charge < -0.3 is 10.2 Å². The molecule has 1 aliphatic carbocycles. The number of unbranched alkanes of at least 4 members (excludes halogenated alkanes) is 1. The largest absolute Gasteiger partial charge is 0.369 e. The molecule has 0 bridgehead atoms. The molecule has 1 saturated heterocycles. The molecule has 5 nitrogen and oxygen atoms in total. The summed E-state index contributed by atoms with van der Waals surface area (Å²) in [6.07, 6.45) is 7.50. The molecule has 1 aromatic carbocycles. The van der Waals surface area contributed by atoms with Crippen LogP contribution < -0.4 is 10.2 Å². The van der Waals surface area contributed by atoms with Crippen LogP contribution in [0.2, 0.25) is 5.02 Å². The fourth-order valence-corrected chi connectivity index (χ4v) is 4.68. The van der Waals surface area contributed by atoms with Gasteiger partial charge in [0.1, 0.15) is 0 Å². The Balaban J connectivity index is 1.29. The van der Waals surface area contributed by atoms with Crippen LogP contribution in [0.25, 0.3) is 0 Å². The number of nitriles is 1. The van der Waals surface area contributed by atoms with Gasteiger partial charge in [0.2, 0.25) is 5.91 Å². The van der Waals surface area contributed by atoms with Crippen LogP contribution in [0, 0.1) is 17.2 Å². The SMILES string of the molecule is N#CCCCC(=O)NC1CCC(CCN2CCN(c3cccc(Cl)c3)CC2)CC1. The van der Waals surface area contributed by atoms with E-state index in [1.54, 1.807) is 0 Å². The zero-order valence-electron chi connectivity index (χ0n) is 17.3. The Bertz CT molecular complexity index is 688. The van der Waals surface area contributed by atoms with Gasteiger partial charge in [-0.05, 0) is 69.2 Å². The normalized spacial score (nSPS) is 22.8. The predicted molar refractivity (Wildman–Crippen MR) is 118 cm³/mol. The molecule has 2 fully saturated rings. The van der Waals surface area contributed by atoms with Crippen LogP contribution in [0.3, 0.4) is 0 Å². The molecule has 1 amide bonds. The van der Waals surface area contributed by atoms with E-state index in [9.17, 15) is 4.79 Å².